The van der Waals surface area contributed by atoms with E-state index in [0.29, 0.717) is 0 Å². The smallest absolute Gasteiger partial charge is 0.0315 e. The molecule has 0 aliphatic rings. The van der Waals surface area contributed by atoms with E-state index in [-0.39, 0.29) is 6.04 Å². The predicted molar refractivity (Wildman–Crippen MR) is 60.0 cm³/mol. The van der Waals surface area contributed by atoms with Gasteiger partial charge in [0.25, 0.3) is 0 Å². The van der Waals surface area contributed by atoms with E-state index in [9.17, 15) is 0 Å². The van der Waals surface area contributed by atoms with Crippen LogP contribution in [0.1, 0.15) is 43.9 Å². The van der Waals surface area contributed by atoms with Gasteiger partial charge in [0.1, 0.15) is 0 Å². The number of hydrogen-bond donors (Lipinski definition) is 1. The lowest BCUT2D eigenvalue weighted by Crippen LogP contribution is -2.11. The van der Waals surface area contributed by atoms with Crippen molar-refractivity contribution in [1.29, 1.82) is 0 Å². The van der Waals surface area contributed by atoms with Crippen molar-refractivity contribution in [1.82, 2.24) is 4.98 Å². The van der Waals surface area contributed by atoms with Crippen LogP contribution in [0, 0.1) is 12.8 Å². The van der Waals surface area contributed by atoms with Gasteiger partial charge in [0.2, 0.25) is 0 Å². The molecule has 0 fully saturated rings. The van der Waals surface area contributed by atoms with Gasteiger partial charge in [0.15, 0.2) is 0 Å². The highest BCUT2D eigenvalue weighted by molar-refractivity contribution is 5.19. The van der Waals surface area contributed by atoms with Gasteiger partial charge in [-0.1, -0.05) is 19.9 Å². The third kappa shape index (κ3) is 3.46. The zero-order valence-corrected chi connectivity index (χ0v) is 9.33. The quantitative estimate of drug-likeness (QED) is 0.796. The number of aryl methyl sites for hydroxylation is 1. The Bertz CT molecular complexity index is 281. The Hall–Kier alpha value is -0.890. The molecule has 0 radical (unpaired) electrons. The van der Waals surface area contributed by atoms with Crippen molar-refractivity contribution in [3.63, 3.8) is 0 Å². The van der Waals surface area contributed by atoms with Crippen LogP contribution in [0.25, 0.3) is 0 Å². The maximum atomic E-state index is 6.07. The lowest BCUT2D eigenvalue weighted by Gasteiger charge is -2.13. The van der Waals surface area contributed by atoms with Crippen molar-refractivity contribution in [2.24, 2.45) is 11.7 Å². The Morgan fingerprint density at radius 3 is 2.57 bits per heavy atom. The maximum absolute atomic E-state index is 6.07. The van der Waals surface area contributed by atoms with E-state index in [2.05, 4.69) is 24.9 Å². The Morgan fingerprint density at radius 1 is 1.29 bits per heavy atom. The van der Waals surface area contributed by atoms with Gasteiger partial charge in [0.05, 0.1) is 0 Å². The van der Waals surface area contributed by atoms with Gasteiger partial charge in [-0.15, -0.1) is 0 Å². The fourth-order valence-electron chi connectivity index (χ4n) is 1.46. The van der Waals surface area contributed by atoms with E-state index < -0.39 is 0 Å². The van der Waals surface area contributed by atoms with Gasteiger partial charge < -0.3 is 5.73 Å². The fourth-order valence-corrected chi connectivity index (χ4v) is 1.46. The van der Waals surface area contributed by atoms with Crippen LogP contribution in [0.3, 0.4) is 0 Å². The zero-order chi connectivity index (χ0) is 10.6. The predicted octanol–water partition coefficient (Wildman–Crippen LogP) is 2.83. The molecule has 0 saturated heterocycles. The van der Waals surface area contributed by atoms with E-state index in [0.717, 1.165) is 17.9 Å². The van der Waals surface area contributed by atoms with Gasteiger partial charge in [-0.2, -0.15) is 0 Å². The summed E-state index contributed by atoms with van der Waals surface area (Å²) in [6.07, 6.45) is 5.95. The third-order valence-corrected chi connectivity index (χ3v) is 2.38. The Labute approximate surface area is 86.5 Å². The van der Waals surface area contributed by atoms with Crippen LogP contribution >= 0.6 is 0 Å². The Kier molecular flexibility index (Phi) is 4.08. The SMILES string of the molecule is Cc1cncc(C(N)CCC(C)C)c1. The Balaban J connectivity index is 2.56. The summed E-state index contributed by atoms with van der Waals surface area (Å²) < 4.78 is 0. The van der Waals surface area contributed by atoms with Crippen molar-refractivity contribution >= 4 is 0 Å². The summed E-state index contributed by atoms with van der Waals surface area (Å²) in [5.41, 5.74) is 8.41. The summed E-state index contributed by atoms with van der Waals surface area (Å²) in [4.78, 5) is 4.15. The van der Waals surface area contributed by atoms with E-state index in [4.69, 9.17) is 5.73 Å². The molecule has 0 amide bonds. The van der Waals surface area contributed by atoms with Crippen molar-refractivity contribution in [3.8, 4) is 0 Å². The number of nitrogens with zero attached hydrogens (tertiary/aromatic N) is 1. The molecule has 0 aliphatic heterocycles. The average Bonchev–Trinajstić information content (AvgIpc) is 2.14. The molecular weight excluding hydrogens is 172 g/mol. The molecule has 2 nitrogen and oxygen atoms in total. The second-order valence-corrected chi connectivity index (χ2v) is 4.37. The van der Waals surface area contributed by atoms with Crippen molar-refractivity contribution in [3.05, 3.63) is 29.6 Å². The first-order valence-corrected chi connectivity index (χ1v) is 5.26. The third-order valence-electron chi connectivity index (χ3n) is 2.38. The second kappa shape index (κ2) is 5.11. The molecule has 0 aliphatic carbocycles. The lowest BCUT2D eigenvalue weighted by atomic mass is 9.99. The summed E-state index contributed by atoms with van der Waals surface area (Å²) in [5.74, 6) is 0.721. The van der Waals surface area contributed by atoms with Gasteiger partial charge in [-0.25, -0.2) is 0 Å². The van der Waals surface area contributed by atoms with E-state index in [1.165, 1.54) is 12.0 Å². The summed E-state index contributed by atoms with van der Waals surface area (Å²) in [7, 11) is 0. The minimum atomic E-state index is 0.143. The Morgan fingerprint density at radius 2 is 2.00 bits per heavy atom. The van der Waals surface area contributed by atoms with Gasteiger partial charge in [-0.3, -0.25) is 4.98 Å². The number of nitrogens with two attached hydrogens (primary N) is 1. The average molecular weight is 192 g/mol. The zero-order valence-electron chi connectivity index (χ0n) is 9.33. The largest absolute Gasteiger partial charge is 0.324 e. The molecule has 0 saturated carbocycles. The van der Waals surface area contributed by atoms with Crippen LogP contribution in [0.2, 0.25) is 0 Å². The second-order valence-electron chi connectivity index (χ2n) is 4.37. The minimum absolute atomic E-state index is 0.143. The molecule has 0 spiro atoms. The standard InChI is InChI=1S/C12H20N2/c1-9(2)4-5-12(13)11-6-10(3)7-14-8-11/h6-9,12H,4-5,13H2,1-3H3. The van der Waals surface area contributed by atoms with Gasteiger partial charge in [0, 0.05) is 18.4 Å². The summed E-state index contributed by atoms with van der Waals surface area (Å²) >= 11 is 0. The van der Waals surface area contributed by atoms with Crippen LogP contribution < -0.4 is 5.73 Å². The first-order valence-electron chi connectivity index (χ1n) is 5.26. The molecule has 78 valence electrons. The molecule has 1 aromatic rings. The minimum Gasteiger partial charge on any atom is -0.324 e. The lowest BCUT2D eigenvalue weighted by molar-refractivity contribution is 0.506. The molecular formula is C12H20N2. The molecule has 2 heteroatoms. The van der Waals surface area contributed by atoms with E-state index in [1.807, 2.05) is 19.3 Å². The summed E-state index contributed by atoms with van der Waals surface area (Å²) in [6, 6.07) is 2.27. The molecule has 1 unspecified atom stereocenters. The van der Waals surface area contributed by atoms with E-state index >= 15 is 0 Å². The van der Waals surface area contributed by atoms with Crippen LogP contribution in [0.5, 0.6) is 0 Å². The number of aromatic nitrogens is 1. The highest BCUT2D eigenvalue weighted by atomic mass is 14.7. The molecule has 2 N–H and O–H groups in total. The van der Waals surface area contributed by atoms with Crippen molar-refractivity contribution in [2.45, 2.75) is 39.7 Å². The normalized spacial score (nSPS) is 13.2. The first kappa shape index (κ1) is 11.2. The molecule has 1 aromatic heterocycles. The molecule has 1 heterocycles. The number of pyridine rings is 1. The monoisotopic (exact) mass is 192 g/mol. The molecule has 1 atom stereocenters. The molecule has 14 heavy (non-hydrogen) atoms. The molecule has 1 rings (SSSR count). The summed E-state index contributed by atoms with van der Waals surface area (Å²) in [5, 5.41) is 0. The fraction of sp³-hybridized carbons (Fsp3) is 0.583. The maximum Gasteiger partial charge on any atom is 0.0315 e. The van der Waals surface area contributed by atoms with Gasteiger partial charge in [-0.05, 0) is 36.8 Å². The molecule has 0 aromatic carbocycles. The highest BCUT2D eigenvalue weighted by Crippen LogP contribution is 2.18. The number of rotatable bonds is 4. The van der Waals surface area contributed by atoms with Crippen molar-refractivity contribution < 1.29 is 0 Å². The molecule has 0 bridgehead atoms. The van der Waals surface area contributed by atoms with Crippen LogP contribution in [0.4, 0.5) is 0 Å². The van der Waals surface area contributed by atoms with Crippen LogP contribution in [-0.4, -0.2) is 4.98 Å². The summed E-state index contributed by atoms with van der Waals surface area (Å²) in [6.45, 7) is 6.49. The van der Waals surface area contributed by atoms with Crippen LogP contribution in [-0.2, 0) is 0 Å². The van der Waals surface area contributed by atoms with Gasteiger partial charge >= 0.3 is 0 Å². The van der Waals surface area contributed by atoms with E-state index in [1.54, 1.807) is 0 Å². The highest BCUT2D eigenvalue weighted by Gasteiger charge is 2.07. The topological polar surface area (TPSA) is 38.9 Å². The van der Waals surface area contributed by atoms with Crippen LogP contribution in [0.15, 0.2) is 18.5 Å². The number of hydrogen-bond acceptors (Lipinski definition) is 2. The van der Waals surface area contributed by atoms with Crippen molar-refractivity contribution in [2.75, 3.05) is 0 Å². The first-order chi connectivity index (χ1) is 6.59.